The maximum absolute atomic E-state index is 6.15. The van der Waals surface area contributed by atoms with Crippen LogP contribution in [-0.2, 0) is 0 Å². The lowest BCUT2D eigenvalue weighted by Gasteiger charge is -2.45. The molecular formula is C35H27BN2O4. The SMILES string of the molecule is Cc1cc2c3c(c1)N(c1ccccc1)c1cc4c(cc1B3c1cc3c(cc1N2c1ccccc1)OCCO3)OCCO4. The number of benzene rings is 5. The zero-order chi connectivity index (χ0) is 27.8. The average molecular weight is 550 g/mol. The van der Waals surface area contributed by atoms with Crippen molar-refractivity contribution in [3.8, 4) is 23.0 Å². The van der Waals surface area contributed by atoms with Gasteiger partial charge in [0.05, 0.1) is 0 Å². The number of rotatable bonds is 2. The second-order valence-electron chi connectivity index (χ2n) is 11.1. The van der Waals surface area contributed by atoms with Gasteiger partial charge < -0.3 is 28.7 Å². The zero-order valence-electron chi connectivity index (χ0n) is 23.2. The van der Waals surface area contributed by atoms with Gasteiger partial charge in [-0.3, -0.25) is 0 Å². The third kappa shape index (κ3) is 3.40. The van der Waals surface area contributed by atoms with E-state index in [1.165, 1.54) is 22.0 Å². The topological polar surface area (TPSA) is 43.4 Å². The molecule has 0 saturated heterocycles. The first-order valence-electron chi connectivity index (χ1n) is 14.5. The summed E-state index contributed by atoms with van der Waals surface area (Å²) in [5.41, 5.74) is 11.5. The molecule has 0 aliphatic carbocycles. The van der Waals surface area contributed by atoms with E-state index < -0.39 is 0 Å². The van der Waals surface area contributed by atoms with Gasteiger partial charge in [-0.2, -0.15) is 0 Å². The lowest BCUT2D eigenvalue weighted by molar-refractivity contribution is 0.172. The zero-order valence-corrected chi connectivity index (χ0v) is 23.2. The highest BCUT2D eigenvalue weighted by molar-refractivity contribution is 7.00. The molecule has 0 amide bonds. The van der Waals surface area contributed by atoms with Gasteiger partial charge in [-0.25, -0.2) is 0 Å². The minimum atomic E-state index is -0.0489. The number of hydrogen-bond donors (Lipinski definition) is 0. The Hall–Kier alpha value is -5.04. The summed E-state index contributed by atoms with van der Waals surface area (Å²) in [6, 6.07) is 34.5. The lowest BCUT2D eigenvalue weighted by atomic mass is 9.33. The molecule has 4 heterocycles. The molecule has 4 aliphatic heterocycles. The fourth-order valence-electron chi connectivity index (χ4n) is 6.91. The number of para-hydroxylation sites is 2. The Kier molecular flexibility index (Phi) is 5.06. The largest absolute Gasteiger partial charge is 0.486 e. The highest BCUT2D eigenvalue weighted by Gasteiger charge is 2.45. The first-order chi connectivity index (χ1) is 20.7. The summed E-state index contributed by atoms with van der Waals surface area (Å²) in [6.07, 6.45) is 0. The van der Waals surface area contributed by atoms with Gasteiger partial charge in [-0.05, 0) is 77.4 Å². The van der Waals surface area contributed by atoms with Crippen LogP contribution < -0.4 is 45.1 Å². The van der Waals surface area contributed by atoms with Crippen LogP contribution in [0.1, 0.15) is 5.56 Å². The molecule has 0 fully saturated rings. The molecule has 7 heteroatoms. The van der Waals surface area contributed by atoms with Crippen molar-refractivity contribution in [1.29, 1.82) is 0 Å². The van der Waals surface area contributed by atoms with E-state index >= 15 is 0 Å². The lowest BCUT2D eigenvalue weighted by Crippen LogP contribution is -2.61. The molecule has 0 N–H and O–H groups in total. The van der Waals surface area contributed by atoms with Crippen molar-refractivity contribution in [2.45, 2.75) is 6.92 Å². The second kappa shape index (κ2) is 8.98. The summed E-state index contributed by atoms with van der Waals surface area (Å²) < 4.78 is 24.5. The van der Waals surface area contributed by atoms with E-state index in [0.29, 0.717) is 26.4 Å². The monoisotopic (exact) mass is 550 g/mol. The quantitative estimate of drug-likeness (QED) is 0.261. The van der Waals surface area contributed by atoms with E-state index in [4.69, 9.17) is 18.9 Å². The summed E-state index contributed by atoms with van der Waals surface area (Å²) in [5, 5.41) is 0. The Morgan fingerprint density at radius 1 is 0.500 bits per heavy atom. The summed E-state index contributed by atoms with van der Waals surface area (Å²) in [6.45, 7) is 4.29. The van der Waals surface area contributed by atoms with Crippen LogP contribution in [-0.4, -0.2) is 33.1 Å². The van der Waals surface area contributed by atoms with E-state index in [9.17, 15) is 0 Å². The molecule has 0 aromatic heterocycles. The molecule has 0 saturated carbocycles. The van der Waals surface area contributed by atoms with Crippen molar-refractivity contribution in [2.75, 3.05) is 36.2 Å². The van der Waals surface area contributed by atoms with Gasteiger partial charge in [0.1, 0.15) is 26.4 Å². The highest BCUT2D eigenvalue weighted by Crippen LogP contribution is 2.48. The molecular weight excluding hydrogens is 523 g/mol. The Morgan fingerprint density at radius 2 is 0.905 bits per heavy atom. The molecule has 9 rings (SSSR count). The first kappa shape index (κ1) is 23.6. The third-order valence-electron chi connectivity index (χ3n) is 8.57. The summed E-state index contributed by atoms with van der Waals surface area (Å²) in [4.78, 5) is 4.75. The fraction of sp³-hybridized carbons (Fsp3) is 0.143. The van der Waals surface area contributed by atoms with E-state index in [1.54, 1.807) is 0 Å². The molecule has 0 radical (unpaired) electrons. The van der Waals surface area contributed by atoms with E-state index in [0.717, 1.165) is 57.1 Å². The number of anilines is 6. The maximum Gasteiger partial charge on any atom is 0.252 e. The van der Waals surface area contributed by atoms with Crippen LogP contribution in [0.2, 0.25) is 0 Å². The van der Waals surface area contributed by atoms with Crippen molar-refractivity contribution in [3.05, 3.63) is 103 Å². The first-order valence-corrected chi connectivity index (χ1v) is 14.5. The summed E-state index contributed by atoms with van der Waals surface area (Å²) >= 11 is 0. The summed E-state index contributed by atoms with van der Waals surface area (Å²) in [7, 11) is 0. The van der Waals surface area contributed by atoms with Gasteiger partial charge in [0.2, 0.25) is 0 Å². The average Bonchev–Trinajstić information content (AvgIpc) is 3.03. The van der Waals surface area contributed by atoms with Crippen molar-refractivity contribution < 1.29 is 18.9 Å². The van der Waals surface area contributed by atoms with E-state index in [1.807, 2.05) is 0 Å². The number of aryl methyl sites for hydroxylation is 1. The van der Waals surface area contributed by atoms with Crippen LogP contribution in [0.15, 0.2) is 97.1 Å². The van der Waals surface area contributed by atoms with Gasteiger partial charge in [0.15, 0.2) is 23.0 Å². The number of nitrogens with zero attached hydrogens (tertiary/aromatic N) is 2. The number of fused-ring (bicyclic) bond motifs is 6. The van der Waals surface area contributed by atoms with Crippen LogP contribution in [0.3, 0.4) is 0 Å². The minimum Gasteiger partial charge on any atom is -0.486 e. The number of hydrogen-bond acceptors (Lipinski definition) is 6. The van der Waals surface area contributed by atoms with Crippen LogP contribution in [0.4, 0.5) is 34.1 Å². The Bertz CT molecular complexity index is 1750. The second-order valence-corrected chi connectivity index (χ2v) is 11.1. The molecule has 0 spiro atoms. The smallest absolute Gasteiger partial charge is 0.252 e. The molecule has 6 nitrogen and oxygen atoms in total. The predicted octanol–water partition coefficient (Wildman–Crippen LogP) is 5.62. The van der Waals surface area contributed by atoms with Crippen molar-refractivity contribution in [3.63, 3.8) is 0 Å². The molecule has 5 aromatic rings. The highest BCUT2D eigenvalue weighted by atomic mass is 16.6. The van der Waals surface area contributed by atoms with Crippen LogP contribution in [0.25, 0.3) is 0 Å². The molecule has 204 valence electrons. The Morgan fingerprint density at radius 3 is 1.33 bits per heavy atom. The van der Waals surface area contributed by atoms with Crippen LogP contribution >= 0.6 is 0 Å². The Balaban J connectivity index is 1.40. The molecule has 0 atom stereocenters. The third-order valence-corrected chi connectivity index (χ3v) is 8.57. The fourth-order valence-corrected chi connectivity index (χ4v) is 6.91. The van der Waals surface area contributed by atoms with Gasteiger partial charge in [0.25, 0.3) is 6.71 Å². The van der Waals surface area contributed by atoms with E-state index in [-0.39, 0.29) is 6.71 Å². The van der Waals surface area contributed by atoms with E-state index in [2.05, 4.69) is 114 Å². The normalized spacial score (nSPS) is 15.5. The Labute approximate surface area is 244 Å². The van der Waals surface area contributed by atoms with Gasteiger partial charge in [0, 0.05) is 46.3 Å². The summed E-state index contributed by atoms with van der Waals surface area (Å²) in [5.74, 6) is 3.13. The maximum atomic E-state index is 6.15. The molecule has 0 bridgehead atoms. The van der Waals surface area contributed by atoms with Gasteiger partial charge >= 0.3 is 0 Å². The van der Waals surface area contributed by atoms with Crippen molar-refractivity contribution >= 4 is 57.2 Å². The minimum absolute atomic E-state index is 0.0489. The van der Waals surface area contributed by atoms with Gasteiger partial charge in [-0.1, -0.05) is 36.4 Å². The van der Waals surface area contributed by atoms with Crippen LogP contribution in [0, 0.1) is 6.92 Å². The predicted molar refractivity (Wildman–Crippen MR) is 167 cm³/mol. The van der Waals surface area contributed by atoms with Gasteiger partial charge in [-0.15, -0.1) is 0 Å². The standard InChI is InChI=1S/C35H27BN2O4/c1-22-16-29-35-30(17-22)38(24-10-6-3-7-11-24)28-21-34-32(40-13-15-42-34)19-26(28)36(35)25-18-31-33(41-14-12-39-31)20-27(25)37(29)23-8-4-2-5-9-23/h2-11,16-21H,12-15H2,1H3. The molecule has 5 aromatic carbocycles. The molecule has 42 heavy (non-hydrogen) atoms. The molecule has 4 aliphatic rings. The number of ether oxygens (including phenoxy) is 4. The molecule has 0 unspecified atom stereocenters. The van der Waals surface area contributed by atoms with Crippen molar-refractivity contribution in [1.82, 2.24) is 0 Å². The van der Waals surface area contributed by atoms with Crippen LogP contribution in [0.5, 0.6) is 23.0 Å². The van der Waals surface area contributed by atoms with Crippen molar-refractivity contribution in [2.24, 2.45) is 0 Å².